The number of halogens is 2. The van der Waals surface area contributed by atoms with E-state index in [0.717, 1.165) is 5.56 Å². The number of carbonyl (C=O) groups excluding carboxylic acids is 1. The normalized spacial score (nSPS) is 10.3. The van der Waals surface area contributed by atoms with Crippen molar-refractivity contribution in [2.75, 3.05) is 32.4 Å². The van der Waals surface area contributed by atoms with Crippen LogP contribution in [0.2, 0.25) is 0 Å². The van der Waals surface area contributed by atoms with E-state index in [4.69, 9.17) is 14.2 Å². The van der Waals surface area contributed by atoms with Gasteiger partial charge in [0, 0.05) is 28.0 Å². The van der Waals surface area contributed by atoms with Gasteiger partial charge in [0.15, 0.2) is 11.5 Å². The van der Waals surface area contributed by atoms with Crippen LogP contribution in [0, 0.1) is 5.82 Å². The summed E-state index contributed by atoms with van der Waals surface area (Å²) in [6.45, 7) is 0. The lowest BCUT2D eigenvalue weighted by Gasteiger charge is -2.14. The molecule has 0 atom stereocenters. The van der Waals surface area contributed by atoms with Gasteiger partial charge in [-0.25, -0.2) is 4.39 Å². The third-order valence-electron chi connectivity index (χ3n) is 3.45. The van der Waals surface area contributed by atoms with Crippen molar-refractivity contribution in [3.63, 3.8) is 0 Å². The van der Waals surface area contributed by atoms with Crippen molar-refractivity contribution in [3.05, 3.63) is 46.2 Å². The maximum Gasteiger partial charge on any atom is 0.234 e. The summed E-state index contributed by atoms with van der Waals surface area (Å²) in [6, 6.07) is 7.84. The Labute approximate surface area is 164 Å². The summed E-state index contributed by atoms with van der Waals surface area (Å²) in [6.07, 6.45) is 0. The Morgan fingerprint density at radius 3 is 2.31 bits per heavy atom. The SMILES string of the molecule is COc1cc(NC(=O)CSCc2ccc(F)cc2Br)cc(OC)c1OC. The topological polar surface area (TPSA) is 56.8 Å². The van der Waals surface area contributed by atoms with Crippen molar-refractivity contribution >= 4 is 39.3 Å². The van der Waals surface area contributed by atoms with E-state index in [9.17, 15) is 9.18 Å². The largest absolute Gasteiger partial charge is 0.493 e. The van der Waals surface area contributed by atoms with Gasteiger partial charge in [0.2, 0.25) is 11.7 Å². The smallest absolute Gasteiger partial charge is 0.234 e. The highest BCUT2D eigenvalue weighted by atomic mass is 79.9. The van der Waals surface area contributed by atoms with Crippen molar-refractivity contribution in [1.82, 2.24) is 0 Å². The van der Waals surface area contributed by atoms with Gasteiger partial charge in [-0.05, 0) is 17.7 Å². The van der Waals surface area contributed by atoms with Gasteiger partial charge in [0.25, 0.3) is 0 Å². The standard InChI is InChI=1S/C18H19BrFNO4S/c1-23-15-7-13(8-16(24-2)18(15)25-3)21-17(22)10-26-9-11-4-5-12(20)6-14(11)19/h4-8H,9-10H2,1-3H3,(H,21,22). The molecule has 0 aliphatic heterocycles. The van der Waals surface area contributed by atoms with E-state index < -0.39 is 0 Å². The van der Waals surface area contributed by atoms with Crippen molar-refractivity contribution in [2.24, 2.45) is 0 Å². The number of hydrogen-bond donors (Lipinski definition) is 1. The van der Waals surface area contributed by atoms with Crippen LogP contribution in [0.3, 0.4) is 0 Å². The Morgan fingerprint density at radius 2 is 1.77 bits per heavy atom. The van der Waals surface area contributed by atoms with Crippen LogP contribution in [-0.4, -0.2) is 33.0 Å². The second-order valence-electron chi connectivity index (χ2n) is 5.19. The summed E-state index contributed by atoms with van der Waals surface area (Å²) in [5, 5.41) is 2.81. The number of carbonyl (C=O) groups is 1. The molecule has 0 saturated carbocycles. The first kappa shape index (κ1) is 20.4. The Balaban J connectivity index is 1.97. The Kier molecular flexibility index (Phi) is 7.59. The molecule has 26 heavy (non-hydrogen) atoms. The maximum absolute atomic E-state index is 13.1. The van der Waals surface area contributed by atoms with Crippen LogP contribution in [-0.2, 0) is 10.5 Å². The van der Waals surface area contributed by atoms with Crippen LogP contribution in [0.4, 0.5) is 10.1 Å². The van der Waals surface area contributed by atoms with Crippen molar-refractivity contribution in [2.45, 2.75) is 5.75 Å². The van der Waals surface area contributed by atoms with Gasteiger partial charge >= 0.3 is 0 Å². The third kappa shape index (κ3) is 5.28. The molecule has 8 heteroatoms. The Hall–Kier alpha value is -1.93. The number of hydrogen-bond acceptors (Lipinski definition) is 5. The highest BCUT2D eigenvalue weighted by Gasteiger charge is 2.14. The minimum Gasteiger partial charge on any atom is -0.493 e. The van der Waals surface area contributed by atoms with E-state index in [1.54, 1.807) is 18.2 Å². The quantitative estimate of drug-likeness (QED) is 0.651. The lowest BCUT2D eigenvalue weighted by molar-refractivity contribution is -0.113. The molecule has 2 rings (SSSR count). The van der Waals surface area contributed by atoms with E-state index in [1.165, 1.54) is 45.2 Å². The van der Waals surface area contributed by atoms with Gasteiger partial charge in [-0.3, -0.25) is 4.79 Å². The lowest BCUT2D eigenvalue weighted by Crippen LogP contribution is -2.14. The zero-order valence-corrected chi connectivity index (χ0v) is 17.0. The molecule has 0 aliphatic rings. The Bertz CT molecular complexity index is 763. The first-order valence-electron chi connectivity index (χ1n) is 7.60. The molecule has 0 radical (unpaired) electrons. The third-order valence-corrected chi connectivity index (χ3v) is 5.17. The Morgan fingerprint density at radius 1 is 1.12 bits per heavy atom. The predicted molar refractivity (Wildman–Crippen MR) is 105 cm³/mol. The molecule has 0 spiro atoms. The van der Waals surface area contributed by atoms with E-state index in [2.05, 4.69) is 21.2 Å². The minimum atomic E-state index is -0.300. The summed E-state index contributed by atoms with van der Waals surface area (Å²) >= 11 is 4.75. The fourth-order valence-electron chi connectivity index (χ4n) is 2.24. The number of ether oxygens (including phenoxy) is 3. The van der Waals surface area contributed by atoms with Gasteiger partial charge in [-0.15, -0.1) is 11.8 Å². The molecular formula is C18H19BrFNO4S. The number of amides is 1. The molecule has 5 nitrogen and oxygen atoms in total. The maximum atomic E-state index is 13.1. The van der Waals surface area contributed by atoms with Crippen LogP contribution in [0.15, 0.2) is 34.8 Å². The summed E-state index contributed by atoms with van der Waals surface area (Å²) < 4.78 is 29.6. The lowest BCUT2D eigenvalue weighted by atomic mass is 10.2. The summed E-state index contributed by atoms with van der Waals surface area (Å²) in [4.78, 5) is 12.2. The zero-order valence-electron chi connectivity index (χ0n) is 14.6. The highest BCUT2D eigenvalue weighted by Crippen LogP contribution is 2.39. The summed E-state index contributed by atoms with van der Waals surface area (Å²) in [5.41, 5.74) is 1.48. The van der Waals surface area contributed by atoms with E-state index in [-0.39, 0.29) is 17.5 Å². The van der Waals surface area contributed by atoms with E-state index in [1.807, 2.05) is 0 Å². The fraction of sp³-hybridized carbons (Fsp3) is 0.278. The van der Waals surface area contributed by atoms with Crippen LogP contribution >= 0.6 is 27.7 Å². The van der Waals surface area contributed by atoms with Crippen molar-refractivity contribution in [3.8, 4) is 17.2 Å². The average molecular weight is 444 g/mol. The molecule has 0 saturated heterocycles. The number of rotatable bonds is 8. The van der Waals surface area contributed by atoms with Gasteiger partial charge in [0.05, 0.1) is 27.1 Å². The number of nitrogens with one attached hydrogen (secondary N) is 1. The first-order valence-corrected chi connectivity index (χ1v) is 9.54. The molecular weight excluding hydrogens is 425 g/mol. The molecule has 0 heterocycles. The van der Waals surface area contributed by atoms with Crippen LogP contribution in [0.25, 0.3) is 0 Å². The molecule has 0 bridgehead atoms. The monoisotopic (exact) mass is 443 g/mol. The molecule has 0 aliphatic carbocycles. The number of anilines is 1. The minimum absolute atomic E-state index is 0.164. The van der Waals surface area contributed by atoms with Crippen LogP contribution in [0.5, 0.6) is 17.2 Å². The molecule has 1 amide bonds. The molecule has 1 N–H and O–H groups in total. The molecule has 0 aromatic heterocycles. The van der Waals surface area contributed by atoms with Gasteiger partial charge in [-0.2, -0.15) is 0 Å². The second kappa shape index (κ2) is 9.68. The number of thioether (sulfide) groups is 1. The average Bonchev–Trinajstić information content (AvgIpc) is 2.62. The van der Waals surface area contributed by atoms with Gasteiger partial charge in [-0.1, -0.05) is 22.0 Å². The molecule has 140 valence electrons. The fourth-order valence-corrected chi connectivity index (χ4v) is 3.75. The molecule has 2 aromatic rings. The van der Waals surface area contributed by atoms with Gasteiger partial charge in [0.1, 0.15) is 5.82 Å². The van der Waals surface area contributed by atoms with Crippen molar-refractivity contribution < 1.29 is 23.4 Å². The second-order valence-corrected chi connectivity index (χ2v) is 7.03. The highest BCUT2D eigenvalue weighted by molar-refractivity contribution is 9.10. The molecule has 2 aromatic carbocycles. The van der Waals surface area contributed by atoms with E-state index >= 15 is 0 Å². The number of benzene rings is 2. The van der Waals surface area contributed by atoms with Crippen LogP contribution < -0.4 is 19.5 Å². The molecule has 0 unspecified atom stereocenters. The predicted octanol–water partition coefficient (Wildman–Crippen LogP) is 4.49. The zero-order chi connectivity index (χ0) is 19.1. The first-order chi connectivity index (χ1) is 12.5. The molecule has 0 fully saturated rings. The van der Waals surface area contributed by atoms with Gasteiger partial charge < -0.3 is 19.5 Å². The van der Waals surface area contributed by atoms with Crippen molar-refractivity contribution in [1.29, 1.82) is 0 Å². The summed E-state index contributed by atoms with van der Waals surface area (Å²) in [7, 11) is 4.54. The van der Waals surface area contributed by atoms with Crippen LogP contribution in [0.1, 0.15) is 5.56 Å². The number of methoxy groups -OCH3 is 3. The van der Waals surface area contributed by atoms with E-state index in [0.29, 0.717) is 33.2 Å². The summed E-state index contributed by atoms with van der Waals surface area (Å²) in [5.74, 6) is 1.76.